The molecule has 1 aromatic carbocycles. The Morgan fingerprint density at radius 1 is 1.20 bits per heavy atom. The van der Waals surface area contributed by atoms with Crippen LogP contribution < -0.4 is 4.90 Å². The molecule has 2 aromatic rings. The highest BCUT2D eigenvalue weighted by Gasteiger charge is 2.30. The molecule has 0 aliphatic carbocycles. The summed E-state index contributed by atoms with van der Waals surface area (Å²) in [4.78, 5) is 22.3. The molecule has 1 atom stereocenters. The summed E-state index contributed by atoms with van der Waals surface area (Å²) >= 11 is 0. The van der Waals surface area contributed by atoms with E-state index < -0.39 is 6.04 Å². The maximum absolute atomic E-state index is 12.6. The van der Waals surface area contributed by atoms with Crippen molar-refractivity contribution in [1.82, 2.24) is 9.97 Å². The molecule has 3 rings (SSSR count). The lowest BCUT2D eigenvalue weighted by Crippen LogP contribution is -2.41. The Labute approximate surface area is 115 Å². The first-order valence-electron chi connectivity index (χ1n) is 6.08. The molecular formula is C15H10N4O. The van der Waals surface area contributed by atoms with Crippen LogP contribution >= 0.6 is 0 Å². The van der Waals surface area contributed by atoms with Crippen molar-refractivity contribution in [2.45, 2.75) is 6.04 Å². The Hall–Kier alpha value is -3.00. The maximum Gasteiger partial charge on any atom is 0.260 e. The smallest absolute Gasteiger partial charge is 0.260 e. The lowest BCUT2D eigenvalue weighted by molar-refractivity contribution is 0.0984. The van der Waals surface area contributed by atoms with E-state index in [4.69, 9.17) is 0 Å². The lowest BCUT2D eigenvalue weighted by Gasteiger charge is -2.28. The highest BCUT2D eigenvalue weighted by atomic mass is 16.2. The molecule has 96 valence electrons. The molecular weight excluding hydrogens is 252 g/mol. The van der Waals surface area contributed by atoms with Gasteiger partial charge in [-0.05, 0) is 24.3 Å². The second kappa shape index (κ2) is 4.94. The van der Waals surface area contributed by atoms with Crippen molar-refractivity contribution in [2.75, 3.05) is 4.90 Å². The van der Waals surface area contributed by atoms with E-state index in [1.165, 1.54) is 11.1 Å². The standard InChI is InChI=1S/C15H10N4O/c16-10-12-6-7-13-14(18-9-8-17-13)19(12)15(20)11-4-2-1-3-5-11/h1-9,12H. The van der Waals surface area contributed by atoms with Crippen LogP contribution in [0.4, 0.5) is 5.82 Å². The zero-order valence-corrected chi connectivity index (χ0v) is 10.5. The molecule has 1 amide bonds. The van der Waals surface area contributed by atoms with Crippen molar-refractivity contribution in [3.05, 3.63) is 60.1 Å². The number of fused-ring (bicyclic) bond motifs is 1. The average Bonchev–Trinajstić information content (AvgIpc) is 2.54. The van der Waals surface area contributed by atoms with Crippen LogP contribution in [0.5, 0.6) is 0 Å². The molecule has 0 N–H and O–H groups in total. The van der Waals surface area contributed by atoms with E-state index in [0.717, 1.165) is 0 Å². The predicted octanol–water partition coefficient (Wildman–Crippen LogP) is 2.04. The molecule has 0 saturated heterocycles. The number of anilines is 1. The average molecular weight is 262 g/mol. The van der Waals surface area contributed by atoms with Gasteiger partial charge in [0.1, 0.15) is 11.7 Å². The van der Waals surface area contributed by atoms with Crippen LogP contribution in [0.1, 0.15) is 16.1 Å². The van der Waals surface area contributed by atoms with Crippen LogP contribution in [0.15, 0.2) is 48.8 Å². The minimum absolute atomic E-state index is 0.261. The van der Waals surface area contributed by atoms with Gasteiger partial charge in [0.05, 0.1) is 6.07 Å². The monoisotopic (exact) mass is 262 g/mol. The van der Waals surface area contributed by atoms with Crippen molar-refractivity contribution < 1.29 is 4.79 Å². The molecule has 0 bridgehead atoms. The molecule has 1 aliphatic rings. The van der Waals surface area contributed by atoms with Crippen molar-refractivity contribution in [2.24, 2.45) is 0 Å². The number of carbonyl (C=O) groups excluding carboxylic acids is 1. The first kappa shape index (κ1) is 12.1. The number of hydrogen-bond acceptors (Lipinski definition) is 4. The fourth-order valence-corrected chi connectivity index (χ4v) is 2.09. The van der Waals surface area contributed by atoms with Gasteiger partial charge in [0.25, 0.3) is 5.91 Å². The van der Waals surface area contributed by atoms with E-state index in [9.17, 15) is 10.1 Å². The van der Waals surface area contributed by atoms with E-state index in [1.54, 1.807) is 42.6 Å². The summed E-state index contributed by atoms with van der Waals surface area (Å²) in [5.74, 6) is 0.152. The summed E-state index contributed by atoms with van der Waals surface area (Å²) in [6.07, 6.45) is 6.43. The Morgan fingerprint density at radius 3 is 2.70 bits per heavy atom. The minimum atomic E-state index is -0.674. The number of amides is 1. The van der Waals surface area contributed by atoms with Gasteiger partial charge in [-0.15, -0.1) is 0 Å². The zero-order valence-electron chi connectivity index (χ0n) is 10.5. The molecule has 0 fully saturated rings. The molecule has 1 unspecified atom stereocenters. The van der Waals surface area contributed by atoms with Crippen LogP contribution in [0.25, 0.3) is 6.08 Å². The summed E-state index contributed by atoms with van der Waals surface area (Å²) < 4.78 is 0. The van der Waals surface area contributed by atoms with E-state index in [2.05, 4.69) is 16.0 Å². The van der Waals surface area contributed by atoms with Crippen LogP contribution in [-0.2, 0) is 0 Å². The third kappa shape index (κ3) is 1.93. The fraction of sp³-hybridized carbons (Fsp3) is 0.0667. The first-order chi connectivity index (χ1) is 9.81. The number of nitriles is 1. The highest BCUT2D eigenvalue weighted by Crippen LogP contribution is 2.26. The van der Waals surface area contributed by atoms with E-state index in [-0.39, 0.29) is 5.91 Å². The number of nitrogens with zero attached hydrogens (tertiary/aromatic N) is 4. The van der Waals surface area contributed by atoms with Gasteiger partial charge in [0.15, 0.2) is 5.82 Å². The van der Waals surface area contributed by atoms with Crippen molar-refractivity contribution in [1.29, 1.82) is 5.26 Å². The third-order valence-electron chi connectivity index (χ3n) is 3.02. The number of benzene rings is 1. The van der Waals surface area contributed by atoms with Gasteiger partial charge < -0.3 is 0 Å². The van der Waals surface area contributed by atoms with E-state index in [0.29, 0.717) is 17.1 Å². The van der Waals surface area contributed by atoms with Gasteiger partial charge in [-0.3, -0.25) is 14.7 Å². The van der Waals surface area contributed by atoms with Gasteiger partial charge in [0, 0.05) is 18.0 Å². The van der Waals surface area contributed by atoms with E-state index in [1.807, 2.05) is 6.07 Å². The van der Waals surface area contributed by atoms with Crippen molar-refractivity contribution >= 4 is 17.8 Å². The quantitative estimate of drug-likeness (QED) is 0.788. The Morgan fingerprint density at radius 2 is 1.95 bits per heavy atom. The molecule has 1 aliphatic heterocycles. The normalized spacial score (nSPS) is 16.4. The van der Waals surface area contributed by atoms with Gasteiger partial charge in [-0.2, -0.15) is 5.26 Å². The minimum Gasteiger partial charge on any atom is -0.270 e. The molecule has 0 radical (unpaired) electrons. The van der Waals surface area contributed by atoms with Gasteiger partial charge >= 0.3 is 0 Å². The highest BCUT2D eigenvalue weighted by molar-refractivity contribution is 6.08. The Kier molecular flexibility index (Phi) is 2.98. The largest absolute Gasteiger partial charge is 0.270 e. The summed E-state index contributed by atoms with van der Waals surface area (Å²) in [7, 11) is 0. The number of aromatic nitrogens is 2. The number of rotatable bonds is 1. The van der Waals surface area contributed by atoms with Crippen LogP contribution in [0.2, 0.25) is 0 Å². The topological polar surface area (TPSA) is 69.9 Å². The van der Waals surface area contributed by atoms with Crippen molar-refractivity contribution in [3.8, 4) is 6.07 Å². The number of carbonyl (C=O) groups is 1. The maximum atomic E-state index is 12.6. The SMILES string of the molecule is N#CC1C=Cc2nccnc2N1C(=O)c1ccccc1. The second-order valence-electron chi connectivity index (χ2n) is 4.24. The summed E-state index contributed by atoms with van der Waals surface area (Å²) in [6.45, 7) is 0. The summed E-state index contributed by atoms with van der Waals surface area (Å²) in [6, 6.07) is 10.3. The van der Waals surface area contributed by atoms with Crippen LogP contribution in [0.3, 0.4) is 0 Å². The molecule has 0 saturated carbocycles. The molecule has 5 heteroatoms. The van der Waals surface area contributed by atoms with Gasteiger partial charge in [0.2, 0.25) is 0 Å². The molecule has 2 heterocycles. The fourth-order valence-electron chi connectivity index (χ4n) is 2.09. The number of hydrogen-bond donors (Lipinski definition) is 0. The lowest BCUT2D eigenvalue weighted by atomic mass is 10.1. The van der Waals surface area contributed by atoms with Crippen molar-refractivity contribution in [3.63, 3.8) is 0 Å². The van der Waals surface area contributed by atoms with Gasteiger partial charge in [-0.25, -0.2) is 4.98 Å². The molecule has 5 nitrogen and oxygen atoms in total. The Balaban J connectivity index is 2.09. The Bertz CT molecular complexity index is 718. The first-order valence-corrected chi connectivity index (χ1v) is 6.08. The zero-order chi connectivity index (χ0) is 13.9. The molecule has 0 spiro atoms. The molecule has 20 heavy (non-hydrogen) atoms. The third-order valence-corrected chi connectivity index (χ3v) is 3.02. The summed E-state index contributed by atoms with van der Waals surface area (Å²) in [5, 5.41) is 9.24. The predicted molar refractivity (Wildman–Crippen MR) is 73.7 cm³/mol. The van der Waals surface area contributed by atoms with E-state index >= 15 is 0 Å². The van der Waals surface area contributed by atoms with Crippen LogP contribution in [0, 0.1) is 11.3 Å². The summed E-state index contributed by atoms with van der Waals surface area (Å²) in [5.41, 5.74) is 1.10. The second-order valence-corrected chi connectivity index (χ2v) is 4.24. The molecule has 1 aromatic heterocycles. The van der Waals surface area contributed by atoms with Crippen LogP contribution in [-0.4, -0.2) is 21.9 Å². The van der Waals surface area contributed by atoms with Gasteiger partial charge in [-0.1, -0.05) is 18.2 Å².